The highest BCUT2D eigenvalue weighted by Crippen LogP contribution is 2.23. The van der Waals surface area contributed by atoms with E-state index in [1.54, 1.807) is 24.3 Å². The second-order valence-electron chi connectivity index (χ2n) is 9.00. The summed E-state index contributed by atoms with van der Waals surface area (Å²) >= 11 is 5.32. The number of ether oxygens (including phenoxy) is 1. The number of carbonyl (C=O) groups is 1. The number of nitrogens with one attached hydrogen (secondary N) is 2. The molecule has 186 valence electrons. The van der Waals surface area contributed by atoms with Crippen LogP contribution in [0, 0.1) is 0 Å². The molecule has 0 aliphatic carbocycles. The van der Waals surface area contributed by atoms with Crippen LogP contribution in [0.2, 0.25) is 0 Å². The third kappa shape index (κ3) is 6.70. The van der Waals surface area contributed by atoms with Gasteiger partial charge in [0.25, 0.3) is 5.91 Å². The van der Waals surface area contributed by atoms with Gasteiger partial charge in [0.05, 0.1) is 6.61 Å². The molecule has 3 aromatic carbocycles. The SMILES string of the molecule is CCCCOc1ccc(C(=O)NC(=S)Nc2ccc(Cc3nc4cc(C(C)C)ccc4o3)cc2)cc1. The van der Waals surface area contributed by atoms with Crippen LogP contribution < -0.4 is 15.4 Å². The molecule has 6 nitrogen and oxygen atoms in total. The summed E-state index contributed by atoms with van der Waals surface area (Å²) in [5.74, 6) is 1.59. The Balaban J connectivity index is 1.30. The number of amides is 1. The molecule has 0 spiro atoms. The molecular weight excluding hydrogens is 470 g/mol. The van der Waals surface area contributed by atoms with Crippen molar-refractivity contribution in [3.05, 3.63) is 89.3 Å². The predicted octanol–water partition coefficient (Wildman–Crippen LogP) is 6.85. The fourth-order valence-electron chi connectivity index (χ4n) is 3.68. The number of oxazole rings is 1. The van der Waals surface area contributed by atoms with E-state index >= 15 is 0 Å². The highest BCUT2D eigenvalue weighted by Gasteiger charge is 2.11. The Morgan fingerprint density at radius 2 is 1.81 bits per heavy atom. The van der Waals surface area contributed by atoms with Gasteiger partial charge in [-0.1, -0.05) is 45.4 Å². The molecule has 1 amide bonds. The molecule has 0 saturated carbocycles. The molecule has 0 unspecified atom stereocenters. The smallest absolute Gasteiger partial charge is 0.257 e. The maximum Gasteiger partial charge on any atom is 0.257 e. The maximum absolute atomic E-state index is 12.5. The molecule has 0 fully saturated rings. The summed E-state index contributed by atoms with van der Waals surface area (Å²) in [6, 6.07) is 21.0. The van der Waals surface area contributed by atoms with Crippen molar-refractivity contribution in [1.82, 2.24) is 10.3 Å². The molecule has 4 aromatic rings. The van der Waals surface area contributed by atoms with Crippen molar-refractivity contribution in [3.8, 4) is 5.75 Å². The number of carbonyl (C=O) groups excluding carboxylic acids is 1. The number of benzene rings is 3. The Kier molecular flexibility index (Phi) is 8.33. The molecule has 0 aliphatic rings. The van der Waals surface area contributed by atoms with Crippen LogP contribution in [0.3, 0.4) is 0 Å². The van der Waals surface area contributed by atoms with E-state index in [0.29, 0.717) is 30.4 Å². The number of thiocarbonyl (C=S) groups is 1. The largest absolute Gasteiger partial charge is 0.494 e. The average Bonchev–Trinajstić information content (AvgIpc) is 3.27. The summed E-state index contributed by atoms with van der Waals surface area (Å²) in [4.78, 5) is 17.2. The molecule has 0 aliphatic heterocycles. The van der Waals surface area contributed by atoms with Crippen LogP contribution in [0.1, 0.15) is 66.9 Å². The van der Waals surface area contributed by atoms with Gasteiger partial charge in [0, 0.05) is 17.7 Å². The van der Waals surface area contributed by atoms with Crippen molar-refractivity contribution in [1.29, 1.82) is 0 Å². The first-order valence-corrected chi connectivity index (χ1v) is 12.7. The highest BCUT2D eigenvalue weighted by atomic mass is 32.1. The molecule has 1 aromatic heterocycles. The number of rotatable bonds is 9. The van der Waals surface area contributed by atoms with Crippen molar-refractivity contribution in [2.75, 3.05) is 11.9 Å². The lowest BCUT2D eigenvalue weighted by atomic mass is 10.0. The second kappa shape index (κ2) is 11.8. The van der Waals surface area contributed by atoms with Crippen molar-refractivity contribution in [2.24, 2.45) is 0 Å². The monoisotopic (exact) mass is 501 g/mol. The topological polar surface area (TPSA) is 76.4 Å². The molecule has 0 bridgehead atoms. The van der Waals surface area contributed by atoms with Crippen LogP contribution in [0.4, 0.5) is 5.69 Å². The van der Waals surface area contributed by atoms with Gasteiger partial charge in [-0.15, -0.1) is 0 Å². The van der Waals surface area contributed by atoms with Gasteiger partial charge in [-0.05, 0) is 84.2 Å². The fraction of sp³-hybridized carbons (Fsp3) is 0.276. The Hall–Kier alpha value is -3.71. The van der Waals surface area contributed by atoms with Crippen LogP contribution in [0.25, 0.3) is 11.1 Å². The van der Waals surface area contributed by atoms with Crippen molar-refractivity contribution in [2.45, 2.75) is 46.0 Å². The van der Waals surface area contributed by atoms with E-state index in [2.05, 4.69) is 48.5 Å². The Labute approximate surface area is 217 Å². The Morgan fingerprint density at radius 3 is 2.50 bits per heavy atom. The summed E-state index contributed by atoms with van der Waals surface area (Å²) < 4.78 is 11.6. The first-order chi connectivity index (χ1) is 17.4. The summed E-state index contributed by atoms with van der Waals surface area (Å²) in [5, 5.41) is 6.00. The standard InChI is InChI=1S/C29H31N3O3S/c1-4-5-16-34-24-13-8-21(9-14-24)28(33)32-29(36)30-23-11-6-20(7-12-23)17-27-31-25-18-22(19(2)3)10-15-26(25)35-27/h6-15,18-19H,4-5,16-17H2,1-3H3,(H2,30,32,33,36). The quantitative estimate of drug-likeness (QED) is 0.193. The van der Waals surface area contributed by atoms with E-state index in [1.807, 2.05) is 30.3 Å². The van der Waals surface area contributed by atoms with Crippen LogP contribution in [0.5, 0.6) is 5.75 Å². The van der Waals surface area contributed by atoms with Crippen LogP contribution >= 0.6 is 12.2 Å². The zero-order valence-corrected chi connectivity index (χ0v) is 21.7. The molecule has 4 rings (SSSR count). The Morgan fingerprint density at radius 1 is 1.06 bits per heavy atom. The normalized spacial score (nSPS) is 11.0. The van der Waals surface area contributed by atoms with Gasteiger partial charge in [-0.3, -0.25) is 10.1 Å². The maximum atomic E-state index is 12.5. The van der Waals surface area contributed by atoms with Gasteiger partial charge < -0.3 is 14.5 Å². The van der Waals surface area contributed by atoms with Gasteiger partial charge in [0.1, 0.15) is 11.3 Å². The number of anilines is 1. The minimum atomic E-state index is -0.277. The molecule has 0 saturated heterocycles. The van der Waals surface area contributed by atoms with E-state index in [0.717, 1.165) is 40.9 Å². The van der Waals surface area contributed by atoms with Gasteiger partial charge in [-0.2, -0.15) is 0 Å². The highest BCUT2D eigenvalue weighted by molar-refractivity contribution is 7.80. The van der Waals surface area contributed by atoms with Gasteiger partial charge in [0.15, 0.2) is 16.6 Å². The average molecular weight is 502 g/mol. The van der Waals surface area contributed by atoms with Crippen LogP contribution in [0.15, 0.2) is 71.1 Å². The van der Waals surface area contributed by atoms with Gasteiger partial charge >= 0.3 is 0 Å². The molecule has 2 N–H and O–H groups in total. The van der Waals surface area contributed by atoms with E-state index in [4.69, 9.17) is 21.4 Å². The second-order valence-corrected chi connectivity index (χ2v) is 9.41. The number of nitrogens with zero attached hydrogens (tertiary/aromatic N) is 1. The number of aromatic nitrogens is 1. The number of hydrogen-bond donors (Lipinski definition) is 2. The molecule has 0 radical (unpaired) electrons. The summed E-state index contributed by atoms with van der Waals surface area (Å²) in [7, 11) is 0. The van der Waals surface area contributed by atoms with Gasteiger partial charge in [-0.25, -0.2) is 4.98 Å². The van der Waals surface area contributed by atoms with Crippen LogP contribution in [-0.2, 0) is 6.42 Å². The third-order valence-electron chi connectivity index (χ3n) is 5.80. The van der Waals surface area contributed by atoms with Crippen molar-refractivity contribution in [3.63, 3.8) is 0 Å². The fourth-order valence-corrected chi connectivity index (χ4v) is 3.89. The van der Waals surface area contributed by atoms with Crippen molar-refractivity contribution < 1.29 is 13.9 Å². The third-order valence-corrected chi connectivity index (χ3v) is 6.00. The molecule has 7 heteroatoms. The lowest BCUT2D eigenvalue weighted by Crippen LogP contribution is -2.34. The first kappa shape index (κ1) is 25.4. The Bertz CT molecular complexity index is 1330. The lowest BCUT2D eigenvalue weighted by Gasteiger charge is -2.11. The number of fused-ring (bicyclic) bond motifs is 1. The minimum absolute atomic E-state index is 0.232. The van der Waals surface area contributed by atoms with Gasteiger partial charge in [0.2, 0.25) is 0 Å². The first-order valence-electron chi connectivity index (χ1n) is 12.2. The zero-order valence-electron chi connectivity index (χ0n) is 20.8. The lowest BCUT2D eigenvalue weighted by molar-refractivity contribution is 0.0977. The number of unbranched alkanes of at least 4 members (excludes halogenated alkanes) is 1. The van der Waals surface area contributed by atoms with Crippen molar-refractivity contribution >= 4 is 40.0 Å². The predicted molar refractivity (Wildman–Crippen MR) is 148 cm³/mol. The van der Waals surface area contributed by atoms with E-state index in [1.165, 1.54) is 5.56 Å². The van der Waals surface area contributed by atoms with E-state index in [9.17, 15) is 4.79 Å². The van der Waals surface area contributed by atoms with Crippen LogP contribution in [-0.4, -0.2) is 22.6 Å². The molecular formula is C29H31N3O3S. The number of hydrogen-bond acceptors (Lipinski definition) is 5. The van der Waals surface area contributed by atoms with E-state index < -0.39 is 0 Å². The summed E-state index contributed by atoms with van der Waals surface area (Å²) in [5.41, 5.74) is 5.28. The molecule has 36 heavy (non-hydrogen) atoms. The summed E-state index contributed by atoms with van der Waals surface area (Å²) in [6.45, 7) is 7.11. The van der Waals surface area contributed by atoms with E-state index in [-0.39, 0.29) is 11.0 Å². The zero-order chi connectivity index (χ0) is 25.5. The summed E-state index contributed by atoms with van der Waals surface area (Å²) in [6.07, 6.45) is 2.66. The molecule has 1 heterocycles. The molecule has 0 atom stereocenters. The minimum Gasteiger partial charge on any atom is -0.494 e.